The van der Waals surface area contributed by atoms with Crippen LogP contribution in [0.5, 0.6) is 0 Å². The van der Waals surface area contributed by atoms with E-state index in [0.717, 1.165) is 43.8 Å². The van der Waals surface area contributed by atoms with Crippen LogP contribution in [0.4, 0.5) is 4.39 Å². The predicted octanol–water partition coefficient (Wildman–Crippen LogP) is 4.52. The fourth-order valence-electron chi connectivity index (χ4n) is 4.46. The van der Waals surface area contributed by atoms with Gasteiger partial charge in [0.05, 0.1) is 11.6 Å². The van der Waals surface area contributed by atoms with Crippen LogP contribution >= 0.6 is 0 Å². The van der Waals surface area contributed by atoms with Gasteiger partial charge in [0.1, 0.15) is 5.82 Å². The van der Waals surface area contributed by atoms with Crippen molar-refractivity contribution in [2.45, 2.75) is 31.7 Å². The number of nitriles is 1. The third kappa shape index (κ3) is 3.43. The van der Waals surface area contributed by atoms with Crippen molar-refractivity contribution in [2.24, 2.45) is 5.41 Å². The maximum Gasteiger partial charge on any atom is 0.247 e. The number of aromatic nitrogens is 2. The zero-order valence-electron chi connectivity index (χ0n) is 16.0. The van der Waals surface area contributed by atoms with Crippen LogP contribution in [-0.4, -0.2) is 28.2 Å². The van der Waals surface area contributed by atoms with Crippen molar-refractivity contribution in [1.29, 1.82) is 5.26 Å². The first-order valence-corrected chi connectivity index (χ1v) is 9.97. The first-order chi connectivity index (χ1) is 14.2. The lowest BCUT2D eigenvalue weighted by molar-refractivity contribution is 0.158. The average molecular weight is 388 g/mol. The van der Waals surface area contributed by atoms with Gasteiger partial charge >= 0.3 is 0 Å². The van der Waals surface area contributed by atoms with Gasteiger partial charge in [-0.25, -0.2) is 4.39 Å². The van der Waals surface area contributed by atoms with Crippen LogP contribution in [0.1, 0.15) is 42.2 Å². The van der Waals surface area contributed by atoms with Gasteiger partial charge in [-0.2, -0.15) is 5.26 Å². The number of hydrogen-bond donors (Lipinski definition) is 0. The monoisotopic (exact) mass is 388 g/mol. The fourth-order valence-corrected chi connectivity index (χ4v) is 4.46. The molecule has 1 unspecified atom stereocenters. The van der Waals surface area contributed by atoms with Crippen LogP contribution in [0, 0.1) is 22.6 Å². The Morgan fingerprint density at radius 1 is 1.14 bits per heavy atom. The molecule has 1 saturated carbocycles. The molecule has 6 heteroatoms. The van der Waals surface area contributed by atoms with E-state index in [4.69, 9.17) is 9.68 Å². The minimum absolute atomic E-state index is 0.250. The lowest BCUT2D eigenvalue weighted by Crippen LogP contribution is -2.34. The van der Waals surface area contributed by atoms with Crippen molar-refractivity contribution < 1.29 is 8.81 Å². The molecule has 146 valence electrons. The number of piperidine rings is 1. The number of rotatable bonds is 4. The van der Waals surface area contributed by atoms with Gasteiger partial charge in [-0.05, 0) is 62.0 Å². The normalized spacial score (nSPS) is 20.5. The molecular weight excluding hydrogens is 367 g/mol. The summed E-state index contributed by atoms with van der Waals surface area (Å²) in [5, 5.41) is 17.4. The van der Waals surface area contributed by atoms with Crippen molar-refractivity contribution in [3.63, 3.8) is 0 Å². The molecule has 1 atom stereocenters. The number of nitrogens with zero attached hydrogens (tertiary/aromatic N) is 4. The molecule has 5 rings (SSSR count). The van der Waals surface area contributed by atoms with Crippen molar-refractivity contribution in [2.75, 3.05) is 13.1 Å². The SMILES string of the molecule is N#Cc1ccc(CN2CCC3(CC2)CC3c2nnc(-c3ccccc3)o2)c(F)c1. The molecule has 1 aliphatic heterocycles. The Hall–Kier alpha value is -3.04. The van der Waals surface area contributed by atoms with Crippen molar-refractivity contribution >= 4 is 0 Å². The van der Waals surface area contributed by atoms with Crippen molar-refractivity contribution in [3.05, 3.63) is 71.4 Å². The van der Waals surface area contributed by atoms with Crippen molar-refractivity contribution in [1.82, 2.24) is 15.1 Å². The average Bonchev–Trinajstić information content (AvgIpc) is 3.22. The molecule has 0 N–H and O–H groups in total. The smallest absolute Gasteiger partial charge is 0.247 e. The summed E-state index contributed by atoms with van der Waals surface area (Å²) >= 11 is 0. The summed E-state index contributed by atoms with van der Waals surface area (Å²) in [5.41, 5.74) is 2.20. The molecule has 5 nitrogen and oxygen atoms in total. The zero-order valence-corrected chi connectivity index (χ0v) is 16.0. The van der Waals surface area contributed by atoms with E-state index < -0.39 is 0 Å². The van der Waals surface area contributed by atoms with Gasteiger partial charge in [0, 0.05) is 23.6 Å². The van der Waals surface area contributed by atoms with Crippen LogP contribution in [0.2, 0.25) is 0 Å². The molecular formula is C23H21FN4O. The second-order valence-electron chi connectivity index (χ2n) is 8.12. The Kier molecular flexibility index (Phi) is 4.40. The Bertz CT molecular complexity index is 1060. The number of likely N-dealkylation sites (tertiary alicyclic amines) is 1. The standard InChI is InChI=1S/C23H21FN4O/c24-20-12-16(14-25)6-7-18(20)15-28-10-8-23(9-11-28)13-19(23)22-27-26-21(29-22)17-4-2-1-3-5-17/h1-7,12,19H,8-11,13,15H2. The third-order valence-electron chi connectivity index (χ3n) is 6.38. The van der Waals surface area contributed by atoms with Crippen LogP contribution in [0.3, 0.4) is 0 Å². The summed E-state index contributed by atoms with van der Waals surface area (Å²) in [6.45, 7) is 2.43. The maximum absolute atomic E-state index is 14.2. The summed E-state index contributed by atoms with van der Waals surface area (Å²) in [6.07, 6.45) is 3.19. The minimum atomic E-state index is -0.298. The zero-order chi connectivity index (χ0) is 19.8. The molecule has 2 aromatic carbocycles. The first-order valence-electron chi connectivity index (χ1n) is 9.97. The van der Waals surface area contributed by atoms with E-state index >= 15 is 0 Å². The van der Waals surface area contributed by atoms with E-state index in [1.807, 2.05) is 36.4 Å². The van der Waals surface area contributed by atoms with E-state index in [0.29, 0.717) is 29.5 Å². The van der Waals surface area contributed by atoms with Gasteiger partial charge in [0.25, 0.3) is 0 Å². The lowest BCUT2D eigenvalue weighted by atomic mass is 9.90. The highest BCUT2D eigenvalue weighted by Gasteiger charge is 2.58. The molecule has 2 fully saturated rings. The van der Waals surface area contributed by atoms with Gasteiger partial charge in [-0.15, -0.1) is 10.2 Å². The van der Waals surface area contributed by atoms with Gasteiger partial charge in [-0.1, -0.05) is 24.3 Å². The first kappa shape index (κ1) is 18.0. The van der Waals surface area contributed by atoms with E-state index in [1.54, 1.807) is 12.1 Å². The second kappa shape index (κ2) is 7.09. The minimum Gasteiger partial charge on any atom is -0.420 e. The number of halogens is 1. The second-order valence-corrected chi connectivity index (χ2v) is 8.12. The van der Waals surface area contributed by atoms with Crippen molar-refractivity contribution in [3.8, 4) is 17.5 Å². The van der Waals surface area contributed by atoms with E-state index in [9.17, 15) is 4.39 Å². The topological polar surface area (TPSA) is 66.0 Å². The Labute approximate surface area is 168 Å². The molecule has 0 radical (unpaired) electrons. The summed E-state index contributed by atoms with van der Waals surface area (Å²) in [6, 6.07) is 16.5. The molecule has 2 heterocycles. The summed E-state index contributed by atoms with van der Waals surface area (Å²) in [7, 11) is 0. The maximum atomic E-state index is 14.2. The molecule has 2 aliphatic rings. The number of hydrogen-bond acceptors (Lipinski definition) is 5. The van der Waals surface area contributed by atoms with Crippen LogP contribution in [0.25, 0.3) is 11.5 Å². The van der Waals surface area contributed by atoms with E-state index in [1.165, 1.54) is 6.07 Å². The van der Waals surface area contributed by atoms with Gasteiger partial charge in [0.2, 0.25) is 11.8 Å². The van der Waals surface area contributed by atoms with Gasteiger partial charge in [0.15, 0.2) is 0 Å². The van der Waals surface area contributed by atoms with Crippen LogP contribution in [-0.2, 0) is 6.54 Å². The third-order valence-corrected chi connectivity index (χ3v) is 6.38. The summed E-state index contributed by atoms with van der Waals surface area (Å²) in [4.78, 5) is 2.29. The molecule has 0 bridgehead atoms. The highest BCUT2D eigenvalue weighted by molar-refractivity contribution is 5.51. The Morgan fingerprint density at radius 2 is 1.93 bits per heavy atom. The largest absolute Gasteiger partial charge is 0.420 e. The Morgan fingerprint density at radius 3 is 2.66 bits per heavy atom. The molecule has 1 saturated heterocycles. The van der Waals surface area contributed by atoms with Crippen LogP contribution in [0.15, 0.2) is 52.9 Å². The fraction of sp³-hybridized carbons (Fsp3) is 0.348. The highest BCUT2D eigenvalue weighted by atomic mass is 19.1. The van der Waals surface area contributed by atoms with E-state index in [-0.39, 0.29) is 11.2 Å². The van der Waals surface area contributed by atoms with Gasteiger partial charge in [-0.3, -0.25) is 4.90 Å². The van der Waals surface area contributed by atoms with E-state index in [2.05, 4.69) is 15.1 Å². The quantitative estimate of drug-likeness (QED) is 0.658. The van der Waals surface area contributed by atoms with Crippen LogP contribution < -0.4 is 0 Å². The lowest BCUT2D eigenvalue weighted by Gasteiger charge is -2.32. The predicted molar refractivity (Wildman–Crippen MR) is 105 cm³/mol. The molecule has 3 aromatic rings. The summed E-state index contributed by atoms with van der Waals surface area (Å²) in [5.74, 6) is 1.36. The Balaban J connectivity index is 1.21. The molecule has 1 aliphatic carbocycles. The summed E-state index contributed by atoms with van der Waals surface area (Å²) < 4.78 is 20.1. The molecule has 1 aromatic heterocycles. The molecule has 0 amide bonds. The molecule has 1 spiro atoms. The number of benzene rings is 2. The molecule has 29 heavy (non-hydrogen) atoms. The highest BCUT2D eigenvalue weighted by Crippen LogP contribution is 2.64. The van der Waals surface area contributed by atoms with Gasteiger partial charge < -0.3 is 4.42 Å².